The summed E-state index contributed by atoms with van der Waals surface area (Å²) >= 11 is 0. The average Bonchev–Trinajstić information content (AvgIpc) is 3.11. The molecule has 27 heavy (non-hydrogen) atoms. The van der Waals surface area contributed by atoms with Gasteiger partial charge in [-0.2, -0.15) is 0 Å². The Labute approximate surface area is 153 Å². The van der Waals surface area contributed by atoms with Crippen LogP contribution in [0, 0.1) is 0 Å². The summed E-state index contributed by atoms with van der Waals surface area (Å²) in [6.45, 7) is -0.791. The Bertz CT molecular complexity index is 847. The molecule has 0 amide bonds. The third-order valence-electron chi connectivity index (χ3n) is 4.46. The van der Waals surface area contributed by atoms with Crippen LogP contribution in [0.4, 0.5) is 0 Å². The number of carbonyl (C=O) groups is 2. The molecule has 0 saturated heterocycles. The predicted octanol–water partition coefficient (Wildman–Crippen LogP) is -0.245. The molecule has 5 N–H and O–H groups in total. The van der Waals surface area contributed by atoms with Crippen molar-refractivity contribution in [3.8, 4) is 11.1 Å². The lowest BCUT2D eigenvalue weighted by Crippen LogP contribution is -2.47. The van der Waals surface area contributed by atoms with E-state index < -0.39 is 43.0 Å². The molecule has 3 rings (SSSR count). The second-order valence-corrected chi connectivity index (χ2v) is 6.08. The molecule has 1 aromatic heterocycles. The molecule has 0 fully saturated rings. The van der Waals surface area contributed by atoms with Crippen LogP contribution in [-0.4, -0.2) is 69.4 Å². The van der Waals surface area contributed by atoms with Crippen LogP contribution in [0.5, 0.6) is 0 Å². The second-order valence-electron chi connectivity index (χ2n) is 6.08. The monoisotopic (exact) mass is 377 g/mol. The summed E-state index contributed by atoms with van der Waals surface area (Å²) < 4.78 is 9.78. The number of hydrogen-bond acceptors (Lipinski definition) is 8. The SMILES string of the molecule is COC(=O)c1[nH]c2c(c1-c1ccccc1)[C@H](O)[C@@H]([C@H](O)[C@H](O)CO)OC2=O. The number of rotatable bonds is 5. The summed E-state index contributed by atoms with van der Waals surface area (Å²) in [4.78, 5) is 27.2. The highest BCUT2D eigenvalue weighted by molar-refractivity contribution is 6.02. The number of aromatic amines is 1. The summed E-state index contributed by atoms with van der Waals surface area (Å²) in [6.07, 6.45) is -6.45. The molecule has 9 heteroatoms. The number of esters is 2. The van der Waals surface area contributed by atoms with Crippen LogP contribution < -0.4 is 0 Å². The van der Waals surface area contributed by atoms with E-state index in [1.807, 2.05) is 0 Å². The molecule has 2 aromatic rings. The van der Waals surface area contributed by atoms with Gasteiger partial charge in [0.1, 0.15) is 29.7 Å². The molecule has 144 valence electrons. The minimum Gasteiger partial charge on any atom is -0.464 e. The van der Waals surface area contributed by atoms with E-state index in [0.717, 1.165) is 0 Å². The number of fused-ring (bicyclic) bond motifs is 1. The van der Waals surface area contributed by atoms with Crippen LogP contribution in [0.15, 0.2) is 30.3 Å². The lowest BCUT2D eigenvalue weighted by molar-refractivity contribution is -0.126. The number of methoxy groups -OCH3 is 1. The smallest absolute Gasteiger partial charge is 0.355 e. The van der Waals surface area contributed by atoms with Gasteiger partial charge in [0.15, 0.2) is 6.10 Å². The first-order valence-electron chi connectivity index (χ1n) is 8.16. The van der Waals surface area contributed by atoms with Crippen molar-refractivity contribution in [2.45, 2.75) is 24.4 Å². The van der Waals surface area contributed by atoms with E-state index in [1.165, 1.54) is 7.11 Å². The van der Waals surface area contributed by atoms with Gasteiger partial charge in [-0.05, 0) is 5.56 Å². The number of benzene rings is 1. The highest BCUT2D eigenvalue weighted by atomic mass is 16.6. The molecular weight excluding hydrogens is 358 g/mol. The van der Waals surface area contributed by atoms with Crippen molar-refractivity contribution in [1.82, 2.24) is 4.98 Å². The van der Waals surface area contributed by atoms with E-state index >= 15 is 0 Å². The Morgan fingerprint density at radius 2 is 1.96 bits per heavy atom. The van der Waals surface area contributed by atoms with Gasteiger partial charge in [-0.15, -0.1) is 0 Å². The van der Waals surface area contributed by atoms with Crippen molar-refractivity contribution in [1.29, 1.82) is 0 Å². The Kier molecular flexibility index (Phi) is 5.29. The van der Waals surface area contributed by atoms with Crippen LogP contribution in [0.1, 0.15) is 32.6 Å². The maximum Gasteiger partial charge on any atom is 0.355 e. The predicted molar refractivity (Wildman–Crippen MR) is 90.8 cm³/mol. The lowest BCUT2D eigenvalue weighted by Gasteiger charge is -2.33. The molecule has 1 aliphatic rings. The summed E-state index contributed by atoms with van der Waals surface area (Å²) in [5, 5.41) is 39.6. The van der Waals surface area contributed by atoms with Crippen LogP contribution in [0.3, 0.4) is 0 Å². The first kappa shape index (κ1) is 19.1. The van der Waals surface area contributed by atoms with Crippen LogP contribution in [0.25, 0.3) is 11.1 Å². The molecule has 0 bridgehead atoms. The maximum absolute atomic E-state index is 12.4. The normalized spacial score (nSPS) is 21.1. The van der Waals surface area contributed by atoms with Gasteiger partial charge < -0.3 is 34.9 Å². The van der Waals surface area contributed by atoms with E-state index in [0.29, 0.717) is 5.56 Å². The molecule has 0 saturated carbocycles. The van der Waals surface area contributed by atoms with Crippen LogP contribution in [-0.2, 0) is 9.47 Å². The first-order chi connectivity index (χ1) is 12.9. The van der Waals surface area contributed by atoms with Crippen molar-refractivity contribution in [2.75, 3.05) is 13.7 Å². The maximum atomic E-state index is 12.4. The fourth-order valence-corrected chi connectivity index (χ4v) is 3.13. The quantitative estimate of drug-likeness (QED) is 0.448. The second kappa shape index (κ2) is 7.49. The Morgan fingerprint density at radius 1 is 1.30 bits per heavy atom. The van der Waals surface area contributed by atoms with Gasteiger partial charge in [-0.1, -0.05) is 30.3 Å². The lowest BCUT2D eigenvalue weighted by atomic mass is 9.89. The molecule has 0 spiro atoms. The molecule has 2 heterocycles. The number of aliphatic hydroxyl groups excluding tert-OH is 4. The highest BCUT2D eigenvalue weighted by Crippen LogP contribution is 2.41. The number of H-pyrrole nitrogens is 1. The molecule has 4 atom stereocenters. The summed E-state index contributed by atoms with van der Waals surface area (Å²) in [6, 6.07) is 8.54. The topological polar surface area (TPSA) is 149 Å². The van der Waals surface area contributed by atoms with Crippen molar-refractivity contribution in [3.05, 3.63) is 47.3 Å². The van der Waals surface area contributed by atoms with E-state index in [9.17, 15) is 24.9 Å². The van der Waals surface area contributed by atoms with Crippen molar-refractivity contribution in [2.24, 2.45) is 0 Å². The standard InChI is InChI=1S/C18H19NO8/c1-26-17(24)12-10(8-5-3-2-4-6-8)11-13(19-12)18(25)27-16(15(11)23)14(22)9(21)7-20/h2-6,9,14-16,19-23H,7H2,1H3/t9-,14-,15+,16-/m1/s1. The number of nitrogens with one attached hydrogen (secondary N) is 1. The fraction of sp³-hybridized carbons (Fsp3) is 0.333. The minimum absolute atomic E-state index is 0.0482. The third-order valence-corrected chi connectivity index (χ3v) is 4.46. The van der Waals surface area contributed by atoms with Crippen molar-refractivity contribution in [3.63, 3.8) is 0 Å². The molecule has 1 aliphatic heterocycles. The van der Waals surface area contributed by atoms with Crippen molar-refractivity contribution >= 4 is 11.9 Å². The number of hydrogen-bond donors (Lipinski definition) is 5. The first-order valence-corrected chi connectivity index (χ1v) is 8.16. The van der Waals surface area contributed by atoms with Crippen LogP contribution in [0.2, 0.25) is 0 Å². The Balaban J connectivity index is 2.19. The van der Waals surface area contributed by atoms with E-state index in [1.54, 1.807) is 30.3 Å². The van der Waals surface area contributed by atoms with Gasteiger partial charge in [0.25, 0.3) is 0 Å². The molecule has 0 unspecified atom stereocenters. The number of carbonyl (C=O) groups excluding carboxylic acids is 2. The molecule has 0 radical (unpaired) electrons. The summed E-state index contributed by atoms with van der Waals surface area (Å²) in [5.74, 6) is -1.67. The van der Waals surface area contributed by atoms with Gasteiger partial charge in [0.2, 0.25) is 0 Å². The molecular formula is C18H19NO8. The Hall–Kier alpha value is -2.72. The number of cyclic esters (lactones) is 1. The largest absolute Gasteiger partial charge is 0.464 e. The zero-order chi connectivity index (χ0) is 19.7. The zero-order valence-corrected chi connectivity index (χ0v) is 14.3. The van der Waals surface area contributed by atoms with Crippen LogP contribution >= 0.6 is 0 Å². The van der Waals surface area contributed by atoms with E-state index in [4.69, 9.17) is 14.6 Å². The van der Waals surface area contributed by atoms with Gasteiger partial charge in [0.05, 0.1) is 13.7 Å². The molecule has 9 nitrogen and oxygen atoms in total. The van der Waals surface area contributed by atoms with Gasteiger partial charge >= 0.3 is 11.9 Å². The van der Waals surface area contributed by atoms with E-state index in [2.05, 4.69) is 4.98 Å². The Morgan fingerprint density at radius 3 is 2.56 bits per heavy atom. The third kappa shape index (κ3) is 3.21. The fourth-order valence-electron chi connectivity index (χ4n) is 3.13. The molecule has 0 aliphatic carbocycles. The summed E-state index contributed by atoms with van der Waals surface area (Å²) in [5.41, 5.74) is 0.607. The number of aromatic nitrogens is 1. The minimum atomic E-state index is -1.73. The number of aliphatic hydroxyl groups is 4. The van der Waals surface area contributed by atoms with Crippen molar-refractivity contribution < 1.29 is 39.5 Å². The number of ether oxygens (including phenoxy) is 2. The summed E-state index contributed by atoms with van der Waals surface area (Å²) in [7, 11) is 1.18. The van der Waals surface area contributed by atoms with Gasteiger partial charge in [0, 0.05) is 11.1 Å². The molecule has 1 aromatic carbocycles. The van der Waals surface area contributed by atoms with Gasteiger partial charge in [-0.25, -0.2) is 9.59 Å². The zero-order valence-electron chi connectivity index (χ0n) is 14.3. The average molecular weight is 377 g/mol. The van der Waals surface area contributed by atoms with E-state index in [-0.39, 0.29) is 22.5 Å². The highest BCUT2D eigenvalue weighted by Gasteiger charge is 2.45. The van der Waals surface area contributed by atoms with Gasteiger partial charge in [-0.3, -0.25) is 0 Å².